The molecule has 0 aromatic carbocycles. The van der Waals surface area contributed by atoms with E-state index in [0.717, 1.165) is 89.9 Å². The van der Waals surface area contributed by atoms with Gasteiger partial charge in [-0.2, -0.15) is 0 Å². The molecule has 1 rings (SSSR count). The van der Waals surface area contributed by atoms with Gasteiger partial charge in [0, 0.05) is 12.8 Å². The average molecular weight is 859 g/mol. The molecule has 0 bridgehead atoms. The predicted molar refractivity (Wildman–Crippen MR) is 230 cm³/mol. The SMILES string of the molecule is CC/C=C\C/C=C\C/C=C\C/C=C\CCCCCCCCCCC(=O)OC(COC(=O)CCCCCCCCCCC)COP(=O)(O)OC1C(O)C(O)C(O)C(O)C1O. The van der Waals surface area contributed by atoms with Crippen LogP contribution >= 0.6 is 7.82 Å². The van der Waals surface area contributed by atoms with Crippen LogP contribution in [0.2, 0.25) is 0 Å². The van der Waals surface area contributed by atoms with Gasteiger partial charge in [-0.15, -0.1) is 0 Å². The van der Waals surface area contributed by atoms with Gasteiger partial charge in [-0.25, -0.2) is 4.57 Å². The highest BCUT2D eigenvalue weighted by Gasteiger charge is 2.51. The van der Waals surface area contributed by atoms with Crippen molar-refractivity contribution in [2.75, 3.05) is 13.2 Å². The van der Waals surface area contributed by atoms with Crippen molar-refractivity contribution in [1.29, 1.82) is 0 Å². The highest BCUT2D eigenvalue weighted by atomic mass is 31.2. The first-order valence-corrected chi connectivity index (χ1v) is 23.9. The van der Waals surface area contributed by atoms with Crippen molar-refractivity contribution in [2.24, 2.45) is 0 Å². The van der Waals surface area contributed by atoms with Crippen LogP contribution in [0.3, 0.4) is 0 Å². The Labute approximate surface area is 354 Å². The van der Waals surface area contributed by atoms with Crippen molar-refractivity contribution in [3.8, 4) is 0 Å². The Balaban J connectivity index is 2.42. The third-order valence-electron chi connectivity index (χ3n) is 10.2. The molecule has 6 atom stereocenters. The predicted octanol–water partition coefficient (Wildman–Crippen LogP) is 8.39. The number of aliphatic hydroxyl groups is 5. The molecule has 0 radical (unpaired) electrons. The smallest absolute Gasteiger partial charge is 0.462 e. The molecule has 0 aromatic rings. The summed E-state index contributed by atoms with van der Waals surface area (Å²) in [5.41, 5.74) is 0. The van der Waals surface area contributed by atoms with E-state index in [2.05, 4.69) is 62.5 Å². The van der Waals surface area contributed by atoms with E-state index in [0.29, 0.717) is 12.8 Å². The highest BCUT2D eigenvalue weighted by molar-refractivity contribution is 7.47. The number of phosphoric ester groups is 1. The van der Waals surface area contributed by atoms with Gasteiger partial charge in [0.2, 0.25) is 0 Å². The molecule has 0 saturated heterocycles. The zero-order valence-corrected chi connectivity index (χ0v) is 36.9. The second-order valence-electron chi connectivity index (χ2n) is 15.5. The van der Waals surface area contributed by atoms with Crippen LogP contribution in [0.1, 0.15) is 168 Å². The first-order valence-electron chi connectivity index (χ1n) is 22.4. The van der Waals surface area contributed by atoms with Crippen LogP contribution in [0.4, 0.5) is 0 Å². The number of allylic oxidation sites excluding steroid dienone is 8. The molecule has 6 N–H and O–H groups in total. The molecule has 342 valence electrons. The van der Waals surface area contributed by atoms with E-state index < -0.39 is 75.7 Å². The number of rotatable bonds is 36. The molecule has 6 unspecified atom stereocenters. The maximum Gasteiger partial charge on any atom is 0.472 e. The zero-order chi connectivity index (χ0) is 43.6. The summed E-state index contributed by atoms with van der Waals surface area (Å²) in [4.78, 5) is 35.6. The zero-order valence-electron chi connectivity index (χ0n) is 36.0. The van der Waals surface area contributed by atoms with Crippen LogP contribution in [-0.2, 0) is 32.7 Å². The normalized spacial score (nSPS) is 22.8. The van der Waals surface area contributed by atoms with Crippen molar-refractivity contribution in [3.63, 3.8) is 0 Å². The molecule has 1 saturated carbocycles. The lowest BCUT2D eigenvalue weighted by molar-refractivity contribution is -0.220. The summed E-state index contributed by atoms with van der Waals surface area (Å²) < 4.78 is 33.4. The van der Waals surface area contributed by atoms with Gasteiger partial charge in [-0.3, -0.25) is 18.6 Å². The minimum atomic E-state index is -5.11. The molecule has 0 aliphatic heterocycles. The van der Waals surface area contributed by atoms with Crippen LogP contribution in [0, 0.1) is 0 Å². The van der Waals surface area contributed by atoms with Gasteiger partial charge in [0.25, 0.3) is 0 Å². The number of unbranched alkanes of at least 4 members (excludes halogenated alkanes) is 16. The van der Waals surface area contributed by atoms with Gasteiger partial charge in [0.05, 0.1) is 6.61 Å². The summed E-state index contributed by atoms with van der Waals surface area (Å²) in [6.07, 6.45) is 27.5. The van der Waals surface area contributed by atoms with Gasteiger partial charge in [0.15, 0.2) is 6.10 Å². The van der Waals surface area contributed by atoms with Crippen molar-refractivity contribution < 1.29 is 63.1 Å². The summed E-state index contributed by atoms with van der Waals surface area (Å²) in [7, 11) is -5.11. The summed E-state index contributed by atoms with van der Waals surface area (Å²) in [5, 5.41) is 50.0. The van der Waals surface area contributed by atoms with Crippen LogP contribution in [-0.4, -0.2) is 98.3 Å². The third-order valence-corrected chi connectivity index (χ3v) is 11.2. The molecule has 1 fully saturated rings. The summed E-state index contributed by atoms with van der Waals surface area (Å²) in [6.45, 7) is 3.14. The first-order chi connectivity index (χ1) is 28.4. The van der Waals surface area contributed by atoms with E-state index in [4.69, 9.17) is 18.5 Å². The Hall–Kier alpha value is -2.19. The third kappa shape index (κ3) is 28.1. The summed E-state index contributed by atoms with van der Waals surface area (Å²) in [6, 6.07) is 0. The Bertz CT molecular complexity index is 1220. The van der Waals surface area contributed by atoms with E-state index in [-0.39, 0.29) is 12.8 Å². The van der Waals surface area contributed by atoms with Crippen LogP contribution in [0.15, 0.2) is 48.6 Å². The monoisotopic (exact) mass is 859 g/mol. The summed E-state index contributed by atoms with van der Waals surface area (Å²) >= 11 is 0. The van der Waals surface area contributed by atoms with E-state index in [1.165, 1.54) is 38.5 Å². The van der Waals surface area contributed by atoms with Crippen molar-refractivity contribution in [3.05, 3.63) is 48.6 Å². The lowest BCUT2D eigenvalue weighted by Gasteiger charge is -2.41. The van der Waals surface area contributed by atoms with Crippen LogP contribution in [0.5, 0.6) is 0 Å². The molecular weight excluding hydrogens is 779 g/mol. The molecular formula is C45H79O13P. The molecule has 14 heteroatoms. The lowest BCUT2D eigenvalue weighted by atomic mass is 9.85. The molecule has 0 spiro atoms. The second-order valence-corrected chi connectivity index (χ2v) is 16.9. The molecule has 13 nitrogen and oxygen atoms in total. The van der Waals surface area contributed by atoms with E-state index in [1.54, 1.807) is 0 Å². The van der Waals surface area contributed by atoms with Crippen LogP contribution in [0.25, 0.3) is 0 Å². The van der Waals surface area contributed by atoms with Gasteiger partial charge >= 0.3 is 19.8 Å². The first kappa shape index (κ1) is 54.8. The Morgan fingerprint density at radius 2 is 0.966 bits per heavy atom. The van der Waals surface area contributed by atoms with Gasteiger partial charge in [-0.05, 0) is 51.4 Å². The van der Waals surface area contributed by atoms with E-state index in [9.17, 15) is 44.6 Å². The second kappa shape index (κ2) is 35.4. The standard InChI is InChI=1S/C45H79O13P/c1-3-5-7-9-11-13-14-15-16-17-18-19-20-21-22-23-24-26-28-30-32-34-39(47)57-37(35-55-38(46)33-31-29-27-25-12-10-8-6-4-2)36-56-59(53,54)58-45-43(51)41(49)40(48)42(50)44(45)52/h5,7,11,13,15-16,18-19,37,40-45,48-52H,3-4,6,8-10,12,14,17,20-36H2,1-2H3,(H,53,54)/b7-5-,13-11-,16-15-,19-18-. The van der Waals surface area contributed by atoms with Gasteiger partial charge < -0.3 is 39.9 Å². The molecule has 0 heterocycles. The fraction of sp³-hybridized carbons (Fsp3) is 0.778. The van der Waals surface area contributed by atoms with Gasteiger partial charge in [0.1, 0.15) is 43.2 Å². The Morgan fingerprint density at radius 1 is 0.542 bits per heavy atom. The number of carbonyl (C=O) groups excluding carboxylic acids is 2. The number of esters is 2. The topological polar surface area (TPSA) is 210 Å². The number of hydrogen-bond acceptors (Lipinski definition) is 12. The Kier molecular flexibility index (Phi) is 32.9. The number of phosphoric acid groups is 1. The fourth-order valence-corrected chi connectivity index (χ4v) is 7.54. The number of carbonyl (C=O) groups is 2. The quantitative estimate of drug-likeness (QED) is 0.0152. The average Bonchev–Trinajstić information content (AvgIpc) is 3.21. The van der Waals surface area contributed by atoms with Crippen molar-refractivity contribution in [2.45, 2.75) is 211 Å². The largest absolute Gasteiger partial charge is 0.472 e. The van der Waals surface area contributed by atoms with E-state index in [1.807, 2.05) is 0 Å². The molecule has 0 aromatic heterocycles. The number of ether oxygens (including phenoxy) is 2. The Morgan fingerprint density at radius 3 is 1.47 bits per heavy atom. The fourth-order valence-electron chi connectivity index (χ4n) is 6.57. The molecule has 59 heavy (non-hydrogen) atoms. The highest BCUT2D eigenvalue weighted by Crippen LogP contribution is 2.47. The molecule has 0 amide bonds. The summed E-state index contributed by atoms with van der Waals surface area (Å²) in [5.74, 6) is -1.11. The number of aliphatic hydroxyl groups excluding tert-OH is 5. The van der Waals surface area contributed by atoms with Gasteiger partial charge in [-0.1, -0.05) is 152 Å². The van der Waals surface area contributed by atoms with Crippen molar-refractivity contribution >= 4 is 19.8 Å². The maximum atomic E-state index is 12.8. The molecule has 1 aliphatic rings. The minimum Gasteiger partial charge on any atom is -0.462 e. The molecule has 1 aliphatic carbocycles. The number of hydrogen-bond donors (Lipinski definition) is 6. The van der Waals surface area contributed by atoms with Crippen LogP contribution < -0.4 is 0 Å². The minimum absolute atomic E-state index is 0.0869. The lowest BCUT2D eigenvalue weighted by Crippen LogP contribution is -2.64. The maximum absolute atomic E-state index is 12.8. The van der Waals surface area contributed by atoms with Crippen molar-refractivity contribution in [1.82, 2.24) is 0 Å². The van der Waals surface area contributed by atoms with E-state index >= 15 is 0 Å².